The minimum absolute atomic E-state index is 0.172. The van der Waals surface area contributed by atoms with E-state index in [4.69, 9.17) is 9.84 Å². The lowest BCUT2D eigenvalue weighted by molar-refractivity contribution is -0.166. The number of hydrogen-bond acceptors (Lipinski definition) is 3. The van der Waals surface area contributed by atoms with Gasteiger partial charge in [-0.25, -0.2) is 0 Å². The van der Waals surface area contributed by atoms with E-state index in [2.05, 4.69) is 0 Å². The summed E-state index contributed by atoms with van der Waals surface area (Å²) in [7, 11) is 0. The molecule has 0 spiro atoms. The van der Waals surface area contributed by atoms with Gasteiger partial charge < -0.3 is 9.84 Å². The SMILES string of the molecule is CCC(C)(C)C(=O)O[C@]1(C)C=CC2=C[C@@H](C(=O)O)CC[C@@H]2C1. The molecule has 22 heavy (non-hydrogen) atoms. The molecule has 0 unspecified atom stereocenters. The normalized spacial score (nSPS) is 31.2. The first kappa shape index (κ1) is 16.8. The minimum atomic E-state index is -0.760. The Hall–Kier alpha value is -1.58. The predicted molar refractivity (Wildman–Crippen MR) is 84.3 cm³/mol. The summed E-state index contributed by atoms with van der Waals surface area (Å²) in [4.78, 5) is 23.4. The first-order valence-electron chi connectivity index (χ1n) is 8.04. The second-order valence-electron chi connectivity index (χ2n) is 7.36. The van der Waals surface area contributed by atoms with Crippen LogP contribution in [0.1, 0.15) is 53.4 Å². The molecule has 0 radical (unpaired) electrons. The van der Waals surface area contributed by atoms with E-state index < -0.39 is 17.0 Å². The molecule has 0 aliphatic heterocycles. The van der Waals surface area contributed by atoms with Crippen molar-refractivity contribution in [3.05, 3.63) is 23.8 Å². The van der Waals surface area contributed by atoms with Crippen molar-refractivity contribution in [1.82, 2.24) is 0 Å². The molecule has 4 nitrogen and oxygen atoms in total. The van der Waals surface area contributed by atoms with E-state index in [1.807, 2.05) is 45.9 Å². The van der Waals surface area contributed by atoms with Crippen LogP contribution in [0, 0.1) is 17.3 Å². The first-order chi connectivity index (χ1) is 10.2. The van der Waals surface area contributed by atoms with Crippen molar-refractivity contribution in [3.8, 4) is 0 Å². The van der Waals surface area contributed by atoms with Crippen LogP contribution < -0.4 is 0 Å². The highest BCUT2D eigenvalue weighted by Crippen LogP contribution is 2.41. The standard InChI is InChI=1S/C18H26O4/c1-5-17(2,3)16(21)22-18(4)9-8-12-10-13(15(19)20)6-7-14(12)11-18/h8-10,13-14H,5-7,11H2,1-4H3,(H,19,20)/t13-,14+,18+/m0/s1. The van der Waals surface area contributed by atoms with Crippen LogP contribution in [0.2, 0.25) is 0 Å². The maximum absolute atomic E-state index is 12.3. The minimum Gasteiger partial charge on any atom is -0.481 e. The van der Waals surface area contributed by atoms with Crippen LogP contribution in [-0.4, -0.2) is 22.6 Å². The molecule has 0 aromatic carbocycles. The third kappa shape index (κ3) is 3.42. The average molecular weight is 306 g/mol. The quantitative estimate of drug-likeness (QED) is 0.804. The lowest BCUT2D eigenvalue weighted by Gasteiger charge is -2.39. The van der Waals surface area contributed by atoms with Crippen molar-refractivity contribution in [2.24, 2.45) is 17.3 Å². The average Bonchev–Trinajstić information content (AvgIpc) is 2.46. The fraction of sp³-hybridized carbons (Fsp3) is 0.667. The number of rotatable bonds is 4. The van der Waals surface area contributed by atoms with Gasteiger partial charge in [0.25, 0.3) is 0 Å². The monoisotopic (exact) mass is 306 g/mol. The summed E-state index contributed by atoms with van der Waals surface area (Å²) < 4.78 is 5.79. The topological polar surface area (TPSA) is 63.6 Å². The van der Waals surface area contributed by atoms with E-state index >= 15 is 0 Å². The highest BCUT2D eigenvalue weighted by atomic mass is 16.6. The summed E-state index contributed by atoms with van der Waals surface area (Å²) in [6, 6.07) is 0. The van der Waals surface area contributed by atoms with E-state index in [1.54, 1.807) is 0 Å². The molecule has 0 fully saturated rings. The van der Waals surface area contributed by atoms with Gasteiger partial charge in [-0.1, -0.05) is 19.1 Å². The molecular weight excluding hydrogens is 280 g/mol. The highest BCUT2D eigenvalue weighted by molar-refractivity contribution is 5.76. The van der Waals surface area contributed by atoms with Crippen LogP contribution >= 0.6 is 0 Å². The van der Waals surface area contributed by atoms with Gasteiger partial charge in [-0.2, -0.15) is 0 Å². The number of esters is 1. The Bertz CT molecular complexity index is 529. The molecule has 2 aliphatic carbocycles. The zero-order valence-corrected chi connectivity index (χ0v) is 13.9. The maximum Gasteiger partial charge on any atom is 0.312 e. The Kier molecular flexibility index (Phi) is 4.50. The van der Waals surface area contributed by atoms with Gasteiger partial charge in [-0.15, -0.1) is 0 Å². The number of hydrogen-bond donors (Lipinski definition) is 1. The zero-order valence-electron chi connectivity index (χ0n) is 13.9. The Morgan fingerprint density at radius 3 is 2.68 bits per heavy atom. The van der Waals surface area contributed by atoms with Crippen molar-refractivity contribution < 1.29 is 19.4 Å². The number of carboxylic acid groups (broad SMARTS) is 1. The van der Waals surface area contributed by atoms with Gasteiger partial charge in [0.1, 0.15) is 5.60 Å². The second kappa shape index (κ2) is 5.90. The lowest BCUT2D eigenvalue weighted by Crippen LogP contribution is -2.40. The summed E-state index contributed by atoms with van der Waals surface area (Å²) >= 11 is 0. The van der Waals surface area contributed by atoms with Crippen molar-refractivity contribution in [2.45, 2.75) is 59.0 Å². The fourth-order valence-electron chi connectivity index (χ4n) is 3.01. The number of carbonyl (C=O) groups is 2. The molecule has 0 aromatic heterocycles. The summed E-state index contributed by atoms with van der Waals surface area (Å²) in [5, 5.41) is 9.13. The molecule has 0 bridgehead atoms. The number of fused-ring (bicyclic) bond motifs is 1. The molecule has 2 aliphatic rings. The Morgan fingerprint density at radius 2 is 2.09 bits per heavy atom. The van der Waals surface area contributed by atoms with Crippen LogP contribution in [-0.2, 0) is 14.3 Å². The molecule has 2 rings (SSSR count). The highest BCUT2D eigenvalue weighted by Gasteiger charge is 2.39. The third-order valence-corrected chi connectivity index (χ3v) is 5.05. The molecule has 0 aromatic rings. The number of allylic oxidation sites excluding steroid dienone is 2. The van der Waals surface area contributed by atoms with Crippen molar-refractivity contribution >= 4 is 11.9 Å². The van der Waals surface area contributed by atoms with Crippen molar-refractivity contribution in [1.29, 1.82) is 0 Å². The van der Waals surface area contributed by atoms with Gasteiger partial charge in [0.2, 0.25) is 0 Å². The van der Waals surface area contributed by atoms with E-state index in [1.165, 1.54) is 0 Å². The number of aliphatic carboxylic acids is 1. The Morgan fingerprint density at radius 1 is 1.41 bits per heavy atom. The molecule has 3 atom stereocenters. The van der Waals surface area contributed by atoms with E-state index in [0.29, 0.717) is 6.42 Å². The Balaban J connectivity index is 2.14. The molecule has 1 N–H and O–H groups in total. The van der Waals surface area contributed by atoms with Crippen LogP contribution in [0.4, 0.5) is 0 Å². The van der Waals surface area contributed by atoms with Crippen LogP contribution in [0.25, 0.3) is 0 Å². The predicted octanol–water partition coefficient (Wildman–Crippen LogP) is 3.72. The molecule has 0 saturated carbocycles. The molecule has 4 heteroatoms. The van der Waals surface area contributed by atoms with Crippen LogP contribution in [0.3, 0.4) is 0 Å². The smallest absolute Gasteiger partial charge is 0.312 e. The molecule has 122 valence electrons. The van der Waals surface area contributed by atoms with Gasteiger partial charge in [-0.3, -0.25) is 9.59 Å². The number of carboxylic acids is 1. The Labute approximate surface area is 132 Å². The largest absolute Gasteiger partial charge is 0.481 e. The van der Waals surface area contributed by atoms with Crippen molar-refractivity contribution in [3.63, 3.8) is 0 Å². The van der Waals surface area contributed by atoms with Gasteiger partial charge in [0.15, 0.2) is 0 Å². The van der Waals surface area contributed by atoms with Gasteiger partial charge in [0, 0.05) is 0 Å². The number of carbonyl (C=O) groups excluding carboxylic acids is 1. The third-order valence-electron chi connectivity index (χ3n) is 5.05. The van der Waals surface area contributed by atoms with Crippen molar-refractivity contribution in [2.75, 3.05) is 0 Å². The van der Waals surface area contributed by atoms with E-state index in [-0.39, 0.29) is 17.8 Å². The van der Waals surface area contributed by atoms with Gasteiger partial charge >= 0.3 is 11.9 Å². The maximum atomic E-state index is 12.3. The molecule has 0 amide bonds. The fourth-order valence-corrected chi connectivity index (χ4v) is 3.01. The zero-order chi connectivity index (χ0) is 16.5. The molecule has 0 saturated heterocycles. The van der Waals surface area contributed by atoms with E-state index in [0.717, 1.165) is 24.8 Å². The van der Waals surface area contributed by atoms with Gasteiger partial charge in [-0.05, 0) is 64.0 Å². The van der Waals surface area contributed by atoms with Crippen LogP contribution in [0.5, 0.6) is 0 Å². The molecule has 0 heterocycles. The summed E-state index contributed by atoms with van der Waals surface area (Å²) in [6.45, 7) is 7.71. The van der Waals surface area contributed by atoms with E-state index in [9.17, 15) is 9.59 Å². The summed E-state index contributed by atoms with van der Waals surface area (Å²) in [6.07, 6.45) is 8.65. The van der Waals surface area contributed by atoms with Crippen LogP contribution in [0.15, 0.2) is 23.8 Å². The summed E-state index contributed by atoms with van der Waals surface area (Å²) in [5.41, 5.74) is -0.00266. The first-order valence-corrected chi connectivity index (χ1v) is 8.04. The lowest BCUT2D eigenvalue weighted by atomic mass is 9.73. The summed E-state index contributed by atoms with van der Waals surface area (Å²) in [5.74, 6) is -1.04. The van der Waals surface area contributed by atoms with Gasteiger partial charge in [0.05, 0.1) is 11.3 Å². The molecular formula is C18H26O4. The second-order valence-corrected chi connectivity index (χ2v) is 7.36. The number of ether oxygens (including phenoxy) is 1.